The van der Waals surface area contributed by atoms with E-state index < -0.39 is 23.4 Å². The van der Waals surface area contributed by atoms with Crippen LogP contribution in [0, 0.1) is 17.5 Å². The molecule has 0 bridgehead atoms. The second-order valence-electron chi connectivity index (χ2n) is 3.94. The molecular formula is C12H14F3NO. The van der Waals surface area contributed by atoms with Crippen molar-refractivity contribution in [1.82, 2.24) is 4.90 Å². The lowest BCUT2D eigenvalue weighted by Gasteiger charge is -2.25. The molecule has 0 unspecified atom stereocenters. The Morgan fingerprint density at radius 1 is 1.24 bits per heavy atom. The summed E-state index contributed by atoms with van der Waals surface area (Å²) in [5.41, 5.74) is -0.183. The van der Waals surface area contributed by atoms with Gasteiger partial charge in [-0.05, 0) is 32.9 Å². The average molecular weight is 245 g/mol. The minimum absolute atomic E-state index is 0.0938. The number of halogens is 3. The van der Waals surface area contributed by atoms with E-state index >= 15 is 0 Å². The van der Waals surface area contributed by atoms with Gasteiger partial charge in [-0.1, -0.05) is 0 Å². The molecule has 1 aromatic carbocycles. The highest BCUT2D eigenvalue weighted by Crippen LogP contribution is 2.16. The van der Waals surface area contributed by atoms with Crippen LogP contribution in [0.15, 0.2) is 12.1 Å². The van der Waals surface area contributed by atoms with Crippen LogP contribution in [-0.4, -0.2) is 23.4 Å². The van der Waals surface area contributed by atoms with Gasteiger partial charge in [-0.25, -0.2) is 13.2 Å². The van der Waals surface area contributed by atoms with Crippen molar-refractivity contribution in [3.8, 4) is 0 Å². The first-order valence-corrected chi connectivity index (χ1v) is 5.34. The van der Waals surface area contributed by atoms with Crippen LogP contribution in [0.5, 0.6) is 0 Å². The molecule has 94 valence electrons. The van der Waals surface area contributed by atoms with Gasteiger partial charge < -0.3 is 4.90 Å². The van der Waals surface area contributed by atoms with Crippen molar-refractivity contribution in [2.24, 2.45) is 0 Å². The van der Waals surface area contributed by atoms with Gasteiger partial charge in [0.15, 0.2) is 17.5 Å². The number of amides is 1. The van der Waals surface area contributed by atoms with Gasteiger partial charge in [0.05, 0.1) is 0 Å². The summed E-state index contributed by atoms with van der Waals surface area (Å²) in [5.74, 6) is -4.78. The van der Waals surface area contributed by atoms with Crippen molar-refractivity contribution in [3.05, 3.63) is 35.1 Å². The van der Waals surface area contributed by atoms with Gasteiger partial charge in [-0.3, -0.25) is 4.79 Å². The summed E-state index contributed by atoms with van der Waals surface area (Å²) in [6, 6.07) is 1.33. The highest BCUT2D eigenvalue weighted by atomic mass is 19.2. The lowest BCUT2D eigenvalue weighted by molar-refractivity contribution is 0.0715. The summed E-state index contributed by atoms with van der Waals surface area (Å²) in [7, 11) is 0. The van der Waals surface area contributed by atoms with E-state index in [0.29, 0.717) is 18.7 Å². The Hall–Kier alpha value is -1.52. The van der Waals surface area contributed by atoms with Crippen molar-refractivity contribution in [3.63, 3.8) is 0 Å². The van der Waals surface area contributed by atoms with Crippen molar-refractivity contribution in [2.75, 3.05) is 6.54 Å². The van der Waals surface area contributed by atoms with E-state index in [0.717, 1.165) is 0 Å². The molecule has 0 N–H and O–H groups in total. The van der Waals surface area contributed by atoms with Crippen LogP contribution >= 0.6 is 0 Å². The van der Waals surface area contributed by atoms with E-state index in [-0.39, 0.29) is 11.6 Å². The standard InChI is InChI=1S/C12H14F3NO/c1-4-16(7(2)3)12(17)8-5-9(13)11(15)10(14)6-8/h5-7H,4H2,1-3H3. The van der Waals surface area contributed by atoms with E-state index in [4.69, 9.17) is 0 Å². The van der Waals surface area contributed by atoms with Gasteiger partial charge in [-0.15, -0.1) is 0 Å². The first-order valence-electron chi connectivity index (χ1n) is 5.34. The second kappa shape index (κ2) is 5.21. The van der Waals surface area contributed by atoms with Gasteiger partial charge in [0, 0.05) is 18.2 Å². The predicted octanol–water partition coefficient (Wildman–Crippen LogP) is 2.97. The normalized spacial score (nSPS) is 10.8. The van der Waals surface area contributed by atoms with Crippen LogP contribution < -0.4 is 0 Å². The third kappa shape index (κ3) is 2.78. The molecular weight excluding hydrogens is 231 g/mol. The third-order valence-corrected chi connectivity index (χ3v) is 2.46. The zero-order valence-corrected chi connectivity index (χ0v) is 9.93. The molecule has 1 aromatic rings. The highest BCUT2D eigenvalue weighted by Gasteiger charge is 2.20. The summed E-state index contributed by atoms with van der Waals surface area (Å²) < 4.78 is 38.7. The summed E-state index contributed by atoms with van der Waals surface area (Å²) in [4.78, 5) is 13.3. The van der Waals surface area contributed by atoms with Gasteiger partial charge in [0.25, 0.3) is 5.91 Å². The molecule has 0 aliphatic carbocycles. The SMILES string of the molecule is CCN(C(=O)c1cc(F)c(F)c(F)c1)C(C)C. The van der Waals surface area contributed by atoms with Gasteiger partial charge >= 0.3 is 0 Å². The first-order chi connectivity index (χ1) is 7.88. The lowest BCUT2D eigenvalue weighted by atomic mass is 10.1. The minimum atomic E-state index is -1.56. The molecule has 0 atom stereocenters. The van der Waals surface area contributed by atoms with E-state index in [1.165, 1.54) is 4.90 Å². The quantitative estimate of drug-likeness (QED) is 0.750. The fourth-order valence-electron chi connectivity index (χ4n) is 1.59. The smallest absolute Gasteiger partial charge is 0.254 e. The first kappa shape index (κ1) is 13.5. The summed E-state index contributed by atoms with van der Waals surface area (Å²) >= 11 is 0. The second-order valence-corrected chi connectivity index (χ2v) is 3.94. The van der Waals surface area contributed by atoms with E-state index in [1.54, 1.807) is 20.8 Å². The van der Waals surface area contributed by atoms with Crippen LogP contribution in [-0.2, 0) is 0 Å². The Balaban J connectivity index is 3.12. The largest absolute Gasteiger partial charge is 0.336 e. The van der Waals surface area contributed by atoms with Crippen molar-refractivity contribution in [1.29, 1.82) is 0 Å². The monoisotopic (exact) mass is 245 g/mol. The van der Waals surface area contributed by atoms with Crippen molar-refractivity contribution < 1.29 is 18.0 Å². The molecule has 0 saturated heterocycles. The molecule has 2 nitrogen and oxygen atoms in total. The molecule has 0 saturated carbocycles. The topological polar surface area (TPSA) is 20.3 Å². The molecule has 5 heteroatoms. The molecule has 0 spiro atoms. The maximum Gasteiger partial charge on any atom is 0.254 e. The Kier molecular flexibility index (Phi) is 4.15. The number of carbonyl (C=O) groups excluding carboxylic acids is 1. The molecule has 0 aromatic heterocycles. The Morgan fingerprint density at radius 2 is 1.71 bits per heavy atom. The molecule has 0 radical (unpaired) electrons. The fraction of sp³-hybridized carbons (Fsp3) is 0.417. The number of hydrogen-bond donors (Lipinski definition) is 0. The zero-order chi connectivity index (χ0) is 13.2. The van der Waals surface area contributed by atoms with Gasteiger partial charge in [0.1, 0.15) is 0 Å². The van der Waals surface area contributed by atoms with Crippen LogP contribution in [0.4, 0.5) is 13.2 Å². The average Bonchev–Trinajstić information content (AvgIpc) is 2.25. The molecule has 0 aliphatic heterocycles. The van der Waals surface area contributed by atoms with Crippen LogP contribution in [0.1, 0.15) is 31.1 Å². The molecule has 1 amide bonds. The predicted molar refractivity (Wildman–Crippen MR) is 58.2 cm³/mol. The highest BCUT2D eigenvalue weighted by molar-refractivity contribution is 5.94. The Bertz CT molecular complexity index is 409. The van der Waals surface area contributed by atoms with Gasteiger partial charge in [0.2, 0.25) is 0 Å². The maximum absolute atomic E-state index is 13.0. The Labute approximate surface area is 98.0 Å². The van der Waals surface area contributed by atoms with E-state index in [2.05, 4.69) is 0 Å². The summed E-state index contributed by atoms with van der Waals surface area (Å²) in [5, 5.41) is 0. The number of carbonyl (C=O) groups is 1. The van der Waals surface area contributed by atoms with Crippen LogP contribution in [0.25, 0.3) is 0 Å². The summed E-state index contributed by atoms with van der Waals surface area (Å²) in [6.07, 6.45) is 0. The summed E-state index contributed by atoms with van der Waals surface area (Å²) in [6.45, 7) is 5.75. The van der Waals surface area contributed by atoms with Crippen molar-refractivity contribution in [2.45, 2.75) is 26.8 Å². The maximum atomic E-state index is 13.0. The lowest BCUT2D eigenvalue weighted by Crippen LogP contribution is -2.36. The van der Waals surface area contributed by atoms with Crippen LogP contribution in [0.2, 0.25) is 0 Å². The Morgan fingerprint density at radius 3 is 2.06 bits per heavy atom. The van der Waals surface area contributed by atoms with Gasteiger partial charge in [-0.2, -0.15) is 0 Å². The minimum Gasteiger partial charge on any atom is -0.336 e. The van der Waals surface area contributed by atoms with Crippen molar-refractivity contribution >= 4 is 5.91 Å². The molecule has 0 aliphatic rings. The number of benzene rings is 1. The molecule has 0 heterocycles. The van der Waals surface area contributed by atoms with E-state index in [1.807, 2.05) is 0 Å². The number of nitrogens with zero attached hydrogens (tertiary/aromatic N) is 1. The number of rotatable bonds is 3. The number of hydrogen-bond acceptors (Lipinski definition) is 1. The molecule has 0 fully saturated rings. The van der Waals surface area contributed by atoms with Crippen LogP contribution in [0.3, 0.4) is 0 Å². The third-order valence-electron chi connectivity index (χ3n) is 2.46. The molecule has 17 heavy (non-hydrogen) atoms. The zero-order valence-electron chi connectivity index (χ0n) is 9.93. The molecule has 1 rings (SSSR count). The fourth-order valence-corrected chi connectivity index (χ4v) is 1.59. The van der Waals surface area contributed by atoms with E-state index in [9.17, 15) is 18.0 Å².